The highest BCUT2D eigenvalue weighted by molar-refractivity contribution is 5.50. The summed E-state index contributed by atoms with van der Waals surface area (Å²) >= 11 is 0. The maximum Gasteiger partial charge on any atom is 0.240 e. The van der Waals surface area contributed by atoms with Gasteiger partial charge in [-0.2, -0.15) is 10.1 Å². The molecule has 0 unspecified atom stereocenters. The van der Waals surface area contributed by atoms with E-state index in [1.54, 1.807) is 17.9 Å². The molecule has 0 radical (unpaired) electrons. The van der Waals surface area contributed by atoms with Crippen LogP contribution < -0.4 is 0 Å². The zero-order valence-electron chi connectivity index (χ0n) is 6.53. The fourth-order valence-electron chi connectivity index (χ4n) is 0.916. The normalized spacial score (nSPS) is 9.27. The van der Waals surface area contributed by atoms with Gasteiger partial charge in [0.25, 0.3) is 0 Å². The van der Waals surface area contributed by atoms with Gasteiger partial charge in [-0.05, 0) is 6.42 Å². The van der Waals surface area contributed by atoms with Gasteiger partial charge in [0, 0.05) is 7.05 Å². The first-order chi connectivity index (χ1) is 5.27. The van der Waals surface area contributed by atoms with Gasteiger partial charge in [-0.1, -0.05) is 6.92 Å². The van der Waals surface area contributed by atoms with Crippen molar-refractivity contribution in [2.75, 3.05) is 0 Å². The Hall–Kier alpha value is -1.41. The molecule has 0 fully saturated rings. The van der Waals surface area contributed by atoms with Crippen LogP contribution in [0.25, 0.3) is 0 Å². The summed E-state index contributed by atoms with van der Waals surface area (Å²) in [5.41, 5.74) is 1.45. The Morgan fingerprint density at radius 3 is 3.09 bits per heavy atom. The molecule has 58 valence electrons. The highest BCUT2D eigenvalue weighted by atomic mass is 16.1. The van der Waals surface area contributed by atoms with Crippen LogP contribution in [-0.4, -0.2) is 15.9 Å². The number of nitrogens with zero attached hydrogens (tertiary/aromatic N) is 3. The largest absolute Gasteiger partial charge is 0.273 e. The van der Waals surface area contributed by atoms with Crippen molar-refractivity contribution >= 4 is 11.8 Å². The monoisotopic (exact) mass is 151 g/mol. The van der Waals surface area contributed by atoms with Crippen LogP contribution in [0, 0.1) is 0 Å². The van der Waals surface area contributed by atoms with Crippen molar-refractivity contribution in [1.82, 2.24) is 9.78 Å². The van der Waals surface area contributed by atoms with Gasteiger partial charge in [-0.15, -0.1) is 0 Å². The van der Waals surface area contributed by atoms with E-state index in [0.29, 0.717) is 5.69 Å². The quantitative estimate of drug-likeness (QED) is 0.466. The van der Waals surface area contributed by atoms with Gasteiger partial charge in [0.1, 0.15) is 5.69 Å². The zero-order chi connectivity index (χ0) is 8.27. The van der Waals surface area contributed by atoms with Crippen LogP contribution in [0.5, 0.6) is 0 Å². The number of aromatic nitrogens is 2. The molecule has 4 nitrogen and oxygen atoms in total. The van der Waals surface area contributed by atoms with Gasteiger partial charge in [-0.3, -0.25) is 4.68 Å². The minimum absolute atomic E-state index is 0.616. The highest BCUT2D eigenvalue weighted by Crippen LogP contribution is 2.15. The van der Waals surface area contributed by atoms with E-state index in [9.17, 15) is 4.79 Å². The Bertz CT molecular complexity index is 297. The van der Waals surface area contributed by atoms with Crippen LogP contribution in [0.3, 0.4) is 0 Å². The fourth-order valence-corrected chi connectivity index (χ4v) is 0.916. The lowest BCUT2D eigenvalue weighted by atomic mass is 10.3. The number of hydrogen-bond acceptors (Lipinski definition) is 3. The fraction of sp³-hybridized carbons (Fsp3) is 0.429. The van der Waals surface area contributed by atoms with Crippen molar-refractivity contribution in [1.29, 1.82) is 0 Å². The van der Waals surface area contributed by atoms with Crippen LogP contribution in [0.2, 0.25) is 0 Å². The summed E-state index contributed by atoms with van der Waals surface area (Å²) in [5, 5.41) is 4.09. The molecule has 1 aromatic rings. The molecule has 0 spiro atoms. The molecule has 0 aromatic carbocycles. The second kappa shape index (κ2) is 3.12. The van der Waals surface area contributed by atoms with Gasteiger partial charge < -0.3 is 0 Å². The van der Waals surface area contributed by atoms with Crippen LogP contribution in [0.4, 0.5) is 5.69 Å². The maximum absolute atomic E-state index is 9.92. The standard InChI is InChI=1S/C7H9N3O/c1-3-6-7(8-5-11)4-10(2)9-6/h4H,3H2,1-2H3. The third-order valence-electron chi connectivity index (χ3n) is 1.38. The van der Waals surface area contributed by atoms with E-state index < -0.39 is 0 Å². The molecule has 1 heterocycles. The molecule has 1 aromatic heterocycles. The predicted molar refractivity (Wildman–Crippen MR) is 40.4 cm³/mol. The smallest absolute Gasteiger partial charge is 0.240 e. The Balaban J connectivity index is 3.11. The van der Waals surface area contributed by atoms with Crippen molar-refractivity contribution in [3.63, 3.8) is 0 Å². The second-order valence-corrected chi connectivity index (χ2v) is 2.19. The summed E-state index contributed by atoms with van der Waals surface area (Å²) in [5.74, 6) is 0. The zero-order valence-corrected chi connectivity index (χ0v) is 6.53. The summed E-state index contributed by atoms with van der Waals surface area (Å²) < 4.78 is 1.63. The number of aryl methyl sites for hydroxylation is 2. The van der Waals surface area contributed by atoms with E-state index >= 15 is 0 Å². The highest BCUT2D eigenvalue weighted by Gasteiger charge is 2.02. The molecule has 0 aliphatic carbocycles. The molecule has 4 heteroatoms. The number of isocyanates is 1. The molecule has 11 heavy (non-hydrogen) atoms. The van der Waals surface area contributed by atoms with E-state index in [1.807, 2.05) is 6.92 Å². The van der Waals surface area contributed by atoms with Crippen molar-refractivity contribution in [2.45, 2.75) is 13.3 Å². The van der Waals surface area contributed by atoms with E-state index in [0.717, 1.165) is 12.1 Å². The first kappa shape index (κ1) is 7.69. The first-order valence-electron chi connectivity index (χ1n) is 3.38. The van der Waals surface area contributed by atoms with Gasteiger partial charge in [0.2, 0.25) is 6.08 Å². The SMILES string of the molecule is CCc1nn(C)cc1N=C=O. The van der Waals surface area contributed by atoms with Crippen LogP contribution in [0.15, 0.2) is 11.2 Å². The van der Waals surface area contributed by atoms with Crippen molar-refractivity contribution in [2.24, 2.45) is 12.0 Å². The minimum atomic E-state index is 0.616. The summed E-state index contributed by atoms with van der Waals surface area (Å²) in [6, 6.07) is 0. The average Bonchev–Trinajstić information content (AvgIpc) is 2.32. The third-order valence-corrected chi connectivity index (χ3v) is 1.38. The van der Waals surface area contributed by atoms with Crippen molar-refractivity contribution < 1.29 is 4.79 Å². The van der Waals surface area contributed by atoms with Crippen LogP contribution in [-0.2, 0) is 18.3 Å². The minimum Gasteiger partial charge on any atom is -0.273 e. The number of hydrogen-bond donors (Lipinski definition) is 0. The molecule has 0 atom stereocenters. The Labute approximate surface area is 64.6 Å². The number of aliphatic imine (C=N–C) groups is 1. The van der Waals surface area contributed by atoms with Crippen molar-refractivity contribution in [3.8, 4) is 0 Å². The average molecular weight is 151 g/mol. The Morgan fingerprint density at radius 2 is 2.55 bits per heavy atom. The summed E-state index contributed by atoms with van der Waals surface area (Å²) in [4.78, 5) is 13.4. The summed E-state index contributed by atoms with van der Waals surface area (Å²) in [6.45, 7) is 1.96. The molecule has 0 aliphatic heterocycles. The molecule has 0 bridgehead atoms. The molecular formula is C7H9N3O. The van der Waals surface area contributed by atoms with E-state index in [-0.39, 0.29) is 0 Å². The second-order valence-electron chi connectivity index (χ2n) is 2.19. The van der Waals surface area contributed by atoms with Crippen LogP contribution >= 0.6 is 0 Å². The number of rotatable bonds is 2. The Kier molecular flexibility index (Phi) is 2.18. The lowest BCUT2D eigenvalue weighted by Crippen LogP contribution is -1.88. The van der Waals surface area contributed by atoms with E-state index in [2.05, 4.69) is 10.1 Å². The van der Waals surface area contributed by atoms with Gasteiger partial charge in [0.05, 0.1) is 11.9 Å². The van der Waals surface area contributed by atoms with E-state index in [4.69, 9.17) is 0 Å². The number of carbonyl (C=O) groups excluding carboxylic acids is 1. The molecule has 1 rings (SSSR count). The molecular weight excluding hydrogens is 142 g/mol. The van der Waals surface area contributed by atoms with E-state index in [1.165, 1.54) is 6.08 Å². The molecule has 0 N–H and O–H groups in total. The molecule has 0 amide bonds. The molecule has 0 saturated heterocycles. The van der Waals surface area contributed by atoms with Gasteiger partial charge in [0.15, 0.2) is 0 Å². The third kappa shape index (κ3) is 1.53. The molecule has 0 aliphatic rings. The van der Waals surface area contributed by atoms with Crippen molar-refractivity contribution in [3.05, 3.63) is 11.9 Å². The van der Waals surface area contributed by atoms with Gasteiger partial charge >= 0.3 is 0 Å². The Morgan fingerprint density at radius 1 is 1.82 bits per heavy atom. The lowest BCUT2D eigenvalue weighted by molar-refractivity contribution is 0.565. The van der Waals surface area contributed by atoms with Gasteiger partial charge in [-0.25, -0.2) is 4.79 Å². The van der Waals surface area contributed by atoms with Crippen LogP contribution in [0.1, 0.15) is 12.6 Å². The summed E-state index contributed by atoms with van der Waals surface area (Å²) in [6.07, 6.45) is 3.97. The molecule has 0 saturated carbocycles. The lowest BCUT2D eigenvalue weighted by Gasteiger charge is -1.85. The first-order valence-corrected chi connectivity index (χ1v) is 3.38. The topological polar surface area (TPSA) is 47.2 Å². The summed E-state index contributed by atoms with van der Waals surface area (Å²) in [7, 11) is 1.79. The maximum atomic E-state index is 9.92. The predicted octanol–water partition coefficient (Wildman–Crippen LogP) is 0.950.